The molecule has 2 aromatic heterocycles. The summed E-state index contributed by atoms with van der Waals surface area (Å²) in [5, 5.41) is 4.79. The normalized spacial score (nSPS) is 10.8. The van der Waals surface area contributed by atoms with Crippen molar-refractivity contribution in [1.82, 2.24) is 19.9 Å². The number of hydrogen-bond acceptors (Lipinski definition) is 5. The van der Waals surface area contributed by atoms with Gasteiger partial charge in [0, 0.05) is 12.6 Å². The molecule has 3 aromatic rings. The van der Waals surface area contributed by atoms with Gasteiger partial charge in [0.25, 0.3) is 0 Å². The Bertz CT molecular complexity index is 689. The van der Waals surface area contributed by atoms with E-state index >= 15 is 0 Å². The highest BCUT2D eigenvalue weighted by molar-refractivity contribution is 7.99. The van der Waals surface area contributed by atoms with Crippen LogP contribution in [0.2, 0.25) is 0 Å². The van der Waals surface area contributed by atoms with Crippen LogP contribution in [-0.2, 0) is 0 Å². The minimum atomic E-state index is 0.838. The number of nitrogens with one attached hydrogen (secondary N) is 2. The summed E-state index contributed by atoms with van der Waals surface area (Å²) in [4.78, 5) is 16.3. The largest absolute Gasteiger partial charge is 0.373 e. The summed E-state index contributed by atoms with van der Waals surface area (Å²) in [5.41, 5.74) is 3.02. The first-order valence-electron chi connectivity index (χ1n) is 5.90. The second-order valence-corrected chi connectivity index (χ2v) is 5.04. The van der Waals surface area contributed by atoms with E-state index in [1.807, 2.05) is 38.2 Å². The van der Waals surface area contributed by atoms with Crippen LogP contribution >= 0.6 is 11.8 Å². The number of anilines is 1. The molecule has 19 heavy (non-hydrogen) atoms. The minimum absolute atomic E-state index is 0.838. The second kappa shape index (κ2) is 4.89. The van der Waals surface area contributed by atoms with Crippen molar-refractivity contribution in [2.75, 3.05) is 12.4 Å². The van der Waals surface area contributed by atoms with Crippen LogP contribution in [-0.4, -0.2) is 27.0 Å². The smallest absolute Gasteiger partial charge is 0.172 e. The molecule has 0 amide bonds. The Morgan fingerprint density at radius 2 is 2.05 bits per heavy atom. The molecule has 5 nitrogen and oxygen atoms in total. The summed E-state index contributed by atoms with van der Waals surface area (Å²) in [7, 11) is 1.85. The second-order valence-electron chi connectivity index (χ2n) is 4.06. The third kappa shape index (κ3) is 2.26. The van der Waals surface area contributed by atoms with Crippen LogP contribution < -0.4 is 5.32 Å². The molecule has 2 heterocycles. The van der Waals surface area contributed by atoms with Crippen molar-refractivity contribution in [2.24, 2.45) is 0 Å². The van der Waals surface area contributed by atoms with E-state index in [0.717, 1.165) is 32.6 Å². The SMILES string of the molecule is CNc1ncnc(Sc2nc3ccccc3[nH]2)c1C. The molecular formula is C13H13N5S. The van der Waals surface area contributed by atoms with Gasteiger partial charge in [-0.05, 0) is 30.8 Å². The zero-order chi connectivity index (χ0) is 13.2. The fourth-order valence-electron chi connectivity index (χ4n) is 1.86. The fourth-order valence-corrected chi connectivity index (χ4v) is 2.70. The van der Waals surface area contributed by atoms with Gasteiger partial charge >= 0.3 is 0 Å². The van der Waals surface area contributed by atoms with E-state index in [0.29, 0.717) is 0 Å². The van der Waals surface area contributed by atoms with Gasteiger partial charge in [-0.1, -0.05) is 12.1 Å². The van der Waals surface area contributed by atoms with E-state index in [1.165, 1.54) is 11.8 Å². The van der Waals surface area contributed by atoms with Gasteiger partial charge in [0.1, 0.15) is 17.2 Å². The van der Waals surface area contributed by atoms with Gasteiger partial charge in [-0.15, -0.1) is 0 Å². The molecule has 0 atom stereocenters. The van der Waals surface area contributed by atoms with Gasteiger partial charge in [-0.3, -0.25) is 0 Å². The maximum Gasteiger partial charge on any atom is 0.172 e. The lowest BCUT2D eigenvalue weighted by Gasteiger charge is -2.06. The van der Waals surface area contributed by atoms with Gasteiger partial charge in [0.05, 0.1) is 11.0 Å². The van der Waals surface area contributed by atoms with E-state index in [-0.39, 0.29) is 0 Å². The molecule has 0 saturated carbocycles. The minimum Gasteiger partial charge on any atom is -0.373 e. The summed E-state index contributed by atoms with van der Waals surface area (Å²) in [6, 6.07) is 7.97. The number of fused-ring (bicyclic) bond motifs is 1. The van der Waals surface area contributed by atoms with Crippen molar-refractivity contribution in [2.45, 2.75) is 17.1 Å². The molecule has 0 unspecified atom stereocenters. The standard InChI is InChI=1S/C13H13N5S/c1-8-11(14-2)15-7-16-12(8)19-13-17-9-5-3-4-6-10(9)18-13/h3-7H,1-2H3,(H,17,18)(H,14,15,16). The maximum absolute atomic E-state index is 4.53. The van der Waals surface area contributed by atoms with Crippen molar-refractivity contribution in [3.8, 4) is 0 Å². The van der Waals surface area contributed by atoms with Gasteiger partial charge in [0.15, 0.2) is 5.16 Å². The Kier molecular flexibility index (Phi) is 3.08. The van der Waals surface area contributed by atoms with Crippen LogP contribution in [0.5, 0.6) is 0 Å². The van der Waals surface area contributed by atoms with Crippen molar-refractivity contribution < 1.29 is 0 Å². The molecule has 0 aliphatic rings. The number of rotatable bonds is 3. The molecular weight excluding hydrogens is 258 g/mol. The van der Waals surface area contributed by atoms with Crippen LogP contribution in [0.15, 0.2) is 40.8 Å². The number of aromatic nitrogens is 4. The van der Waals surface area contributed by atoms with Crippen molar-refractivity contribution >= 4 is 28.6 Å². The summed E-state index contributed by atoms with van der Waals surface area (Å²) in [5.74, 6) is 0.841. The third-order valence-corrected chi connectivity index (χ3v) is 3.83. The predicted octanol–water partition coefficient (Wildman–Crippen LogP) is 2.85. The zero-order valence-corrected chi connectivity index (χ0v) is 11.5. The molecule has 2 N–H and O–H groups in total. The summed E-state index contributed by atoms with van der Waals surface area (Å²) in [6.45, 7) is 2.00. The van der Waals surface area contributed by atoms with Crippen molar-refractivity contribution in [1.29, 1.82) is 0 Å². The highest BCUT2D eigenvalue weighted by Gasteiger charge is 2.10. The predicted molar refractivity (Wildman–Crippen MR) is 76.5 cm³/mol. The number of hydrogen-bond donors (Lipinski definition) is 2. The average Bonchev–Trinajstić information content (AvgIpc) is 2.83. The first-order valence-corrected chi connectivity index (χ1v) is 6.71. The third-order valence-electron chi connectivity index (χ3n) is 2.84. The highest BCUT2D eigenvalue weighted by atomic mass is 32.2. The number of imidazole rings is 1. The highest BCUT2D eigenvalue weighted by Crippen LogP contribution is 2.29. The van der Waals surface area contributed by atoms with E-state index in [4.69, 9.17) is 0 Å². The Hall–Kier alpha value is -2.08. The molecule has 6 heteroatoms. The molecule has 0 aliphatic carbocycles. The van der Waals surface area contributed by atoms with E-state index in [2.05, 4.69) is 25.3 Å². The average molecular weight is 271 g/mol. The quantitative estimate of drug-likeness (QED) is 0.717. The molecule has 0 spiro atoms. The topological polar surface area (TPSA) is 66.5 Å². The summed E-state index contributed by atoms with van der Waals surface area (Å²) >= 11 is 1.51. The lowest BCUT2D eigenvalue weighted by Crippen LogP contribution is -1.98. The molecule has 0 fully saturated rings. The van der Waals surface area contributed by atoms with E-state index < -0.39 is 0 Å². The Balaban J connectivity index is 1.96. The Morgan fingerprint density at radius 3 is 2.84 bits per heavy atom. The molecule has 3 rings (SSSR count). The number of aromatic amines is 1. The molecule has 0 bridgehead atoms. The van der Waals surface area contributed by atoms with E-state index in [9.17, 15) is 0 Å². The van der Waals surface area contributed by atoms with Crippen LogP contribution in [0.25, 0.3) is 11.0 Å². The van der Waals surface area contributed by atoms with Crippen LogP contribution in [0.4, 0.5) is 5.82 Å². The van der Waals surface area contributed by atoms with Gasteiger partial charge in [-0.2, -0.15) is 0 Å². The number of H-pyrrole nitrogens is 1. The number of para-hydroxylation sites is 2. The van der Waals surface area contributed by atoms with Crippen LogP contribution in [0, 0.1) is 6.92 Å². The van der Waals surface area contributed by atoms with Crippen LogP contribution in [0.1, 0.15) is 5.56 Å². The van der Waals surface area contributed by atoms with Gasteiger partial charge in [0.2, 0.25) is 0 Å². The first-order chi connectivity index (χ1) is 9.28. The Labute approximate surface area is 114 Å². The number of benzene rings is 1. The Morgan fingerprint density at radius 1 is 1.21 bits per heavy atom. The van der Waals surface area contributed by atoms with Crippen LogP contribution in [0.3, 0.4) is 0 Å². The fraction of sp³-hybridized carbons (Fsp3) is 0.154. The van der Waals surface area contributed by atoms with Gasteiger partial charge < -0.3 is 10.3 Å². The monoisotopic (exact) mass is 271 g/mol. The maximum atomic E-state index is 4.53. The summed E-state index contributed by atoms with van der Waals surface area (Å²) < 4.78 is 0. The molecule has 1 aromatic carbocycles. The zero-order valence-electron chi connectivity index (χ0n) is 10.6. The molecule has 0 aliphatic heterocycles. The molecule has 96 valence electrons. The van der Waals surface area contributed by atoms with Crippen molar-refractivity contribution in [3.63, 3.8) is 0 Å². The lowest BCUT2D eigenvalue weighted by molar-refractivity contribution is 0.990. The molecule has 0 radical (unpaired) electrons. The van der Waals surface area contributed by atoms with Gasteiger partial charge in [-0.25, -0.2) is 15.0 Å². The van der Waals surface area contributed by atoms with Crippen molar-refractivity contribution in [3.05, 3.63) is 36.2 Å². The van der Waals surface area contributed by atoms with E-state index in [1.54, 1.807) is 6.33 Å². The molecule has 0 saturated heterocycles. The number of nitrogens with zero attached hydrogens (tertiary/aromatic N) is 3. The first kappa shape index (κ1) is 12.0. The summed E-state index contributed by atoms with van der Waals surface area (Å²) in [6.07, 6.45) is 1.56. The lowest BCUT2D eigenvalue weighted by atomic mass is 10.3.